The maximum absolute atomic E-state index is 8.68. The summed E-state index contributed by atoms with van der Waals surface area (Å²) in [7, 11) is 0. The van der Waals surface area contributed by atoms with Crippen LogP contribution >= 0.6 is 11.3 Å². The molecule has 1 unspecified atom stereocenters. The zero-order chi connectivity index (χ0) is 14.2. The fourth-order valence-electron chi connectivity index (χ4n) is 2.75. The van der Waals surface area contributed by atoms with Crippen molar-refractivity contribution < 1.29 is 5.11 Å². The lowest BCUT2D eigenvalue weighted by atomic mass is 10.0. The van der Waals surface area contributed by atoms with Crippen molar-refractivity contribution in [1.82, 2.24) is 10.2 Å². The Labute approximate surface area is 126 Å². The molecule has 0 radical (unpaired) electrons. The molecule has 1 fully saturated rings. The molecule has 1 aliphatic heterocycles. The number of hydrogen-bond donors (Lipinski definition) is 2. The predicted molar refractivity (Wildman–Crippen MR) is 84.9 cm³/mol. The number of nitrogens with one attached hydrogen (secondary N) is 1. The first-order valence-corrected chi connectivity index (χ1v) is 8.33. The Hall–Kier alpha value is -0.860. The van der Waals surface area contributed by atoms with Crippen LogP contribution in [0.15, 0.2) is 11.4 Å². The largest absolute Gasteiger partial charge is 0.384 e. The van der Waals surface area contributed by atoms with Gasteiger partial charge in [-0.05, 0) is 32.0 Å². The minimum absolute atomic E-state index is 0.0715. The predicted octanol–water partition coefficient (Wildman–Crippen LogP) is 2.06. The molecule has 0 aliphatic carbocycles. The van der Waals surface area contributed by atoms with Gasteiger partial charge < -0.3 is 10.4 Å². The molecule has 1 saturated heterocycles. The van der Waals surface area contributed by atoms with Crippen LogP contribution in [0, 0.1) is 11.8 Å². The van der Waals surface area contributed by atoms with E-state index in [1.165, 1.54) is 30.7 Å². The van der Waals surface area contributed by atoms with Gasteiger partial charge in [0.2, 0.25) is 0 Å². The highest BCUT2D eigenvalue weighted by Gasteiger charge is 2.20. The number of rotatable bonds is 5. The summed E-state index contributed by atoms with van der Waals surface area (Å²) in [6.07, 6.45) is 4.03. The normalized spacial score (nSPS) is 19.6. The molecule has 110 valence electrons. The molecular weight excluding hydrogens is 268 g/mol. The average molecular weight is 292 g/mol. The van der Waals surface area contributed by atoms with E-state index in [4.69, 9.17) is 5.11 Å². The second-order valence-corrected chi connectivity index (χ2v) is 6.17. The van der Waals surface area contributed by atoms with Crippen molar-refractivity contribution >= 4 is 11.3 Å². The molecule has 0 spiro atoms. The summed E-state index contributed by atoms with van der Waals surface area (Å²) in [5, 5.41) is 14.3. The van der Waals surface area contributed by atoms with Gasteiger partial charge in [-0.25, -0.2) is 0 Å². The number of likely N-dealkylation sites (N-methyl/N-ethyl adjacent to an activating group) is 1. The van der Waals surface area contributed by atoms with Gasteiger partial charge in [-0.2, -0.15) is 0 Å². The third-order valence-corrected chi connectivity index (χ3v) is 4.74. The Morgan fingerprint density at radius 2 is 2.40 bits per heavy atom. The second-order valence-electron chi connectivity index (χ2n) is 5.17. The number of nitrogens with zero attached hydrogens (tertiary/aromatic N) is 1. The SMILES string of the molecule is CCN1CCCCC1CNCc1cc(C#CCO)cs1. The minimum atomic E-state index is -0.0715. The second kappa shape index (κ2) is 8.43. The molecule has 20 heavy (non-hydrogen) atoms. The Kier molecular flexibility index (Phi) is 6.55. The minimum Gasteiger partial charge on any atom is -0.384 e. The number of thiophene rings is 1. The van der Waals surface area contributed by atoms with E-state index in [0.717, 1.165) is 25.2 Å². The van der Waals surface area contributed by atoms with Crippen molar-refractivity contribution in [2.75, 3.05) is 26.2 Å². The van der Waals surface area contributed by atoms with Crippen molar-refractivity contribution in [2.45, 2.75) is 38.8 Å². The Morgan fingerprint density at radius 3 is 3.20 bits per heavy atom. The van der Waals surface area contributed by atoms with E-state index < -0.39 is 0 Å². The summed E-state index contributed by atoms with van der Waals surface area (Å²) < 4.78 is 0. The molecule has 1 atom stereocenters. The molecule has 2 heterocycles. The molecule has 1 aliphatic rings. The fraction of sp³-hybridized carbons (Fsp3) is 0.625. The standard InChI is InChI=1S/C16H24N2OS/c1-2-18-8-4-3-7-15(18)11-17-12-16-10-14(13-20-16)6-5-9-19/h10,13,15,17,19H,2-4,7-9,11-12H2,1H3. The van der Waals surface area contributed by atoms with Crippen LogP contribution in [-0.2, 0) is 6.54 Å². The molecule has 0 bridgehead atoms. The highest BCUT2D eigenvalue weighted by Crippen LogP contribution is 2.17. The number of aliphatic hydroxyl groups excluding tert-OH is 1. The highest BCUT2D eigenvalue weighted by molar-refractivity contribution is 7.10. The van der Waals surface area contributed by atoms with Gasteiger partial charge in [0.15, 0.2) is 0 Å². The van der Waals surface area contributed by atoms with E-state index in [1.807, 2.05) is 0 Å². The molecule has 1 aromatic rings. The fourth-order valence-corrected chi connectivity index (χ4v) is 3.54. The quantitative estimate of drug-likeness (QED) is 0.816. The average Bonchev–Trinajstić information content (AvgIpc) is 2.93. The van der Waals surface area contributed by atoms with Crippen LogP contribution in [0.25, 0.3) is 0 Å². The van der Waals surface area contributed by atoms with Crippen LogP contribution in [0.2, 0.25) is 0 Å². The number of hydrogen-bond acceptors (Lipinski definition) is 4. The summed E-state index contributed by atoms with van der Waals surface area (Å²) in [6.45, 7) is 6.58. The first-order valence-electron chi connectivity index (χ1n) is 7.45. The summed E-state index contributed by atoms with van der Waals surface area (Å²) >= 11 is 1.73. The van der Waals surface area contributed by atoms with Crippen LogP contribution in [0.1, 0.15) is 36.6 Å². The molecule has 4 heteroatoms. The van der Waals surface area contributed by atoms with Gasteiger partial charge in [-0.3, -0.25) is 4.90 Å². The van der Waals surface area contributed by atoms with Gasteiger partial charge in [0.1, 0.15) is 6.61 Å². The van der Waals surface area contributed by atoms with Crippen LogP contribution in [-0.4, -0.2) is 42.3 Å². The summed E-state index contributed by atoms with van der Waals surface area (Å²) in [6, 6.07) is 2.81. The topological polar surface area (TPSA) is 35.5 Å². The Balaban J connectivity index is 1.76. The molecule has 1 aromatic heterocycles. The van der Waals surface area contributed by atoms with Gasteiger partial charge in [0.25, 0.3) is 0 Å². The first-order chi connectivity index (χ1) is 9.83. The van der Waals surface area contributed by atoms with E-state index in [-0.39, 0.29) is 6.61 Å². The Morgan fingerprint density at radius 1 is 1.50 bits per heavy atom. The molecule has 0 amide bonds. The summed E-state index contributed by atoms with van der Waals surface area (Å²) in [5.41, 5.74) is 1.01. The molecule has 2 N–H and O–H groups in total. The third kappa shape index (κ3) is 4.60. The van der Waals surface area contributed by atoms with Gasteiger partial charge in [-0.1, -0.05) is 25.2 Å². The molecule has 0 saturated carbocycles. The maximum atomic E-state index is 8.68. The van der Waals surface area contributed by atoms with Gasteiger partial charge in [-0.15, -0.1) is 11.3 Å². The zero-order valence-electron chi connectivity index (χ0n) is 12.2. The monoisotopic (exact) mass is 292 g/mol. The van der Waals surface area contributed by atoms with Crippen molar-refractivity contribution in [3.05, 3.63) is 21.9 Å². The van der Waals surface area contributed by atoms with Crippen LogP contribution in [0.3, 0.4) is 0 Å². The maximum Gasteiger partial charge on any atom is 0.104 e. The number of likely N-dealkylation sites (tertiary alicyclic amines) is 1. The smallest absolute Gasteiger partial charge is 0.104 e. The van der Waals surface area contributed by atoms with E-state index in [1.54, 1.807) is 11.3 Å². The lowest BCUT2D eigenvalue weighted by Gasteiger charge is -2.35. The number of aliphatic hydroxyl groups is 1. The van der Waals surface area contributed by atoms with Gasteiger partial charge in [0, 0.05) is 35.0 Å². The lowest BCUT2D eigenvalue weighted by molar-refractivity contribution is 0.153. The summed E-state index contributed by atoms with van der Waals surface area (Å²) in [4.78, 5) is 3.90. The van der Waals surface area contributed by atoms with E-state index >= 15 is 0 Å². The number of piperidine rings is 1. The van der Waals surface area contributed by atoms with Gasteiger partial charge in [0.05, 0.1) is 0 Å². The molecular formula is C16H24N2OS. The highest BCUT2D eigenvalue weighted by atomic mass is 32.1. The van der Waals surface area contributed by atoms with Crippen LogP contribution < -0.4 is 5.32 Å². The third-order valence-electron chi connectivity index (χ3n) is 3.80. The first kappa shape index (κ1) is 15.5. The van der Waals surface area contributed by atoms with Crippen LogP contribution in [0.5, 0.6) is 0 Å². The molecule has 3 nitrogen and oxygen atoms in total. The van der Waals surface area contributed by atoms with E-state index in [2.05, 4.69) is 40.4 Å². The van der Waals surface area contributed by atoms with Crippen molar-refractivity contribution in [3.8, 4) is 11.8 Å². The lowest BCUT2D eigenvalue weighted by Crippen LogP contribution is -2.45. The Bertz CT molecular complexity index is 461. The van der Waals surface area contributed by atoms with E-state index in [0.29, 0.717) is 6.04 Å². The van der Waals surface area contributed by atoms with Crippen molar-refractivity contribution in [1.29, 1.82) is 0 Å². The van der Waals surface area contributed by atoms with Gasteiger partial charge >= 0.3 is 0 Å². The molecule has 2 rings (SSSR count). The molecule has 0 aromatic carbocycles. The van der Waals surface area contributed by atoms with Crippen molar-refractivity contribution in [2.24, 2.45) is 0 Å². The van der Waals surface area contributed by atoms with E-state index in [9.17, 15) is 0 Å². The summed E-state index contributed by atoms with van der Waals surface area (Å²) in [5.74, 6) is 5.63. The van der Waals surface area contributed by atoms with Crippen LogP contribution in [0.4, 0.5) is 0 Å². The van der Waals surface area contributed by atoms with Crippen molar-refractivity contribution in [3.63, 3.8) is 0 Å². The zero-order valence-corrected chi connectivity index (χ0v) is 13.0.